The topological polar surface area (TPSA) is 69.5 Å². The number of nitrogens with zero attached hydrogens (tertiary/aromatic N) is 3. The largest absolute Gasteiger partial charge is 0.396 e. The zero-order valence-corrected chi connectivity index (χ0v) is 13.2. The smallest absolute Gasteiger partial charge is 0.142 e. The molecule has 0 atom stereocenters. The summed E-state index contributed by atoms with van der Waals surface area (Å²) >= 11 is 1.58. The van der Waals surface area contributed by atoms with Crippen LogP contribution in [0.4, 0.5) is 0 Å². The molecule has 0 aliphatic carbocycles. The van der Waals surface area contributed by atoms with Crippen molar-refractivity contribution in [2.75, 3.05) is 26.8 Å². The van der Waals surface area contributed by atoms with Crippen LogP contribution < -0.4 is 0 Å². The van der Waals surface area contributed by atoms with Crippen molar-refractivity contribution >= 4 is 11.3 Å². The number of rotatable bonds is 7. The molecule has 0 saturated heterocycles. The van der Waals surface area contributed by atoms with Gasteiger partial charge in [-0.3, -0.25) is 9.88 Å². The summed E-state index contributed by atoms with van der Waals surface area (Å²) in [6, 6.07) is 5.78. The van der Waals surface area contributed by atoms with Gasteiger partial charge in [-0.2, -0.15) is 0 Å². The Balaban J connectivity index is 1.99. The highest BCUT2D eigenvalue weighted by Crippen LogP contribution is 2.23. The molecule has 0 amide bonds. The molecular formula is C15H21N3O2S. The molecule has 6 heteroatoms. The van der Waals surface area contributed by atoms with Crippen molar-refractivity contribution in [3.63, 3.8) is 0 Å². The molecular weight excluding hydrogens is 286 g/mol. The molecule has 0 spiro atoms. The average Bonchev–Trinajstić information content (AvgIpc) is 2.96. The van der Waals surface area contributed by atoms with Crippen molar-refractivity contribution in [1.29, 1.82) is 0 Å². The molecule has 2 rings (SSSR count). The summed E-state index contributed by atoms with van der Waals surface area (Å²) < 4.78 is 0. The zero-order valence-electron chi connectivity index (χ0n) is 12.4. The van der Waals surface area contributed by atoms with Crippen LogP contribution in [-0.4, -0.2) is 51.9 Å². The van der Waals surface area contributed by atoms with Crippen molar-refractivity contribution in [2.24, 2.45) is 5.41 Å². The van der Waals surface area contributed by atoms with Crippen molar-refractivity contribution in [2.45, 2.75) is 13.5 Å². The third-order valence-corrected chi connectivity index (χ3v) is 4.20. The molecule has 0 aliphatic heterocycles. The van der Waals surface area contributed by atoms with Crippen LogP contribution in [0, 0.1) is 5.41 Å². The number of hydrogen-bond acceptors (Lipinski definition) is 6. The van der Waals surface area contributed by atoms with Crippen LogP contribution in [0.1, 0.15) is 12.6 Å². The van der Waals surface area contributed by atoms with Gasteiger partial charge in [0.25, 0.3) is 0 Å². The minimum Gasteiger partial charge on any atom is -0.396 e. The number of hydrogen-bond donors (Lipinski definition) is 2. The fourth-order valence-corrected chi connectivity index (χ4v) is 2.91. The van der Waals surface area contributed by atoms with Gasteiger partial charge in [-0.15, -0.1) is 11.3 Å². The van der Waals surface area contributed by atoms with Crippen LogP contribution in [0.2, 0.25) is 0 Å². The van der Waals surface area contributed by atoms with Crippen LogP contribution in [0.5, 0.6) is 0 Å². The molecule has 0 saturated carbocycles. The minimum absolute atomic E-state index is 0.0376. The first kappa shape index (κ1) is 16.0. The van der Waals surface area contributed by atoms with Crippen molar-refractivity contribution in [3.05, 3.63) is 35.5 Å². The quantitative estimate of drug-likeness (QED) is 0.813. The van der Waals surface area contributed by atoms with Crippen LogP contribution in [0.15, 0.2) is 29.8 Å². The Kier molecular flexibility index (Phi) is 5.41. The van der Waals surface area contributed by atoms with Gasteiger partial charge in [0.05, 0.1) is 24.6 Å². The first-order valence-electron chi connectivity index (χ1n) is 6.82. The Morgan fingerprint density at radius 2 is 2.05 bits per heavy atom. The number of thiazole rings is 1. The Hall–Kier alpha value is -1.34. The Morgan fingerprint density at radius 1 is 1.29 bits per heavy atom. The van der Waals surface area contributed by atoms with Gasteiger partial charge in [-0.25, -0.2) is 4.98 Å². The van der Waals surface area contributed by atoms with Gasteiger partial charge in [0.15, 0.2) is 0 Å². The molecule has 2 aromatic heterocycles. The van der Waals surface area contributed by atoms with E-state index in [9.17, 15) is 10.2 Å². The van der Waals surface area contributed by atoms with Gasteiger partial charge in [0.2, 0.25) is 0 Å². The highest BCUT2D eigenvalue weighted by molar-refractivity contribution is 7.13. The Morgan fingerprint density at radius 3 is 2.67 bits per heavy atom. The highest BCUT2D eigenvalue weighted by atomic mass is 32.1. The maximum Gasteiger partial charge on any atom is 0.142 e. The first-order chi connectivity index (χ1) is 10.1. The second kappa shape index (κ2) is 7.09. The van der Waals surface area contributed by atoms with Gasteiger partial charge in [0, 0.05) is 30.1 Å². The lowest BCUT2D eigenvalue weighted by Crippen LogP contribution is -2.38. The number of pyridine rings is 1. The van der Waals surface area contributed by atoms with Gasteiger partial charge in [-0.1, -0.05) is 13.0 Å². The molecule has 114 valence electrons. The molecule has 0 radical (unpaired) electrons. The molecule has 2 N–H and O–H groups in total. The lowest BCUT2D eigenvalue weighted by atomic mass is 9.92. The molecule has 5 nitrogen and oxygen atoms in total. The third-order valence-electron chi connectivity index (χ3n) is 3.28. The highest BCUT2D eigenvalue weighted by Gasteiger charge is 2.24. The maximum atomic E-state index is 9.34. The zero-order chi connectivity index (χ0) is 15.3. The summed E-state index contributed by atoms with van der Waals surface area (Å²) in [5.41, 5.74) is 1.36. The van der Waals surface area contributed by atoms with E-state index in [1.807, 2.05) is 37.6 Å². The van der Waals surface area contributed by atoms with Gasteiger partial charge >= 0.3 is 0 Å². The van der Waals surface area contributed by atoms with E-state index in [4.69, 9.17) is 0 Å². The number of aliphatic hydroxyl groups excluding tert-OH is 2. The second-order valence-corrected chi connectivity index (χ2v) is 6.52. The fraction of sp³-hybridized carbons (Fsp3) is 0.467. The lowest BCUT2D eigenvalue weighted by Gasteiger charge is -2.29. The van der Waals surface area contributed by atoms with Crippen LogP contribution in [0.3, 0.4) is 0 Å². The van der Waals surface area contributed by atoms with Crippen LogP contribution in [0.25, 0.3) is 10.7 Å². The fourth-order valence-electron chi connectivity index (χ4n) is 2.12. The van der Waals surface area contributed by atoms with E-state index in [1.165, 1.54) is 0 Å². The van der Waals surface area contributed by atoms with Gasteiger partial charge in [0.1, 0.15) is 5.01 Å². The van der Waals surface area contributed by atoms with Gasteiger partial charge < -0.3 is 10.2 Å². The Labute approximate surface area is 128 Å². The van der Waals surface area contributed by atoms with E-state index >= 15 is 0 Å². The lowest BCUT2D eigenvalue weighted by molar-refractivity contribution is 0.0399. The molecule has 2 heterocycles. The van der Waals surface area contributed by atoms with E-state index in [0.29, 0.717) is 13.1 Å². The van der Waals surface area contributed by atoms with Crippen molar-refractivity contribution in [3.8, 4) is 10.7 Å². The summed E-state index contributed by atoms with van der Waals surface area (Å²) in [6.07, 6.45) is 1.76. The van der Waals surface area contributed by atoms with E-state index in [2.05, 4.69) is 14.9 Å². The summed E-state index contributed by atoms with van der Waals surface area (Å²) in [5, 5.41) is 21.6. The molecule has 0 unspecified atom stereocenters. The van der Waals surface area contributed by atoms with Crippen LogP contribution >= 0.6 is 11.3 Å². The molecule has 0 fully saturated rings. The average molecular weight is 307 g/mol. The second-order valence-electron chi connectivity index (χ2n) is 5.66. The summed E-state index contributed by atoms with van der Waals surface area (Å²) in [5.74, 6) is 0. The molecule has 0 aromatic carbocycles. The predicted octanol–water partition coefficient (Wildman–Crippen LogP) is 1.63. The summed E-state index contributed by atoms with van der Waals surface area (Å²) in [7, 11) is 1.96. The van der Waals surface area contributed by atoms with Crippen LogP contribution in [-0.2, 0) is 6.54 Å². The Bertz CT molecular complexity index is 555. The maximum absolute atomic E-state index is 9.34. The molecule has 2 aromatic rings. The first-order valence-corrected chi connectivity index (χ1v) is 7.70. The minimum atomic E-state index is -0.491. The predicted molar refractivity (Wildman–Crippen MR) is 84.0 cm³/mol. The number of aromatic nitrogens is 2. The molecule has 0 bridgehead atoms. The number of aliphatic hydroxyl groups is 2. The molecule has 21 heavy (non-hydrogen) atoms. The van der Waals surface area contributed by atoms with E-state index < -0.39 is 5.41 Å². The van der Waals surface area contributed by atoms with Crippen molar-refractivity contribution in [1.82, 2.24) is 14.9 Å². The van der Waals surface area contributed by atoms with E-state index in [0.717, 1.165) is 16.4 Å². The van der Waals surface area contributed by atoms with E-state index in [-0.39, 0.29) is 13.2 Å². The SMILES string of the molecule is CN(Cc1csc(-c2ccccn2)n1)CC(C)(CO)CO. The standard InChI is InChI=1S/C15H21N3O2S/c1-15(10-19,11-20)9-18(2)7-12-8-21-14(17-12)13-5-3-4-6-16-13/h3-6,8,19-20H,7,9-11H2,1-2H3. The molecule has 0 aliphatic rings. The summed E-state index contributed by atoms with van der Waals surface area (Å²) in [4.78, 5) is 10.9. The third kappa shape index (κ3) is 4.31. The van der Waals surface area contributed by atoms with E-state index in [1.54, 1.807) is 17.5 Å². The summed E-state index contributed by atoms with van der Waals surface area (Å²) in [6.45, 7) is 3.08. The monoisotopic (exact) mass is 307 g/mol. The van der Waals surface area contributed by atoms with Gasteiger partial charge in [-0.05, 0) is 19.2 Å². The van der Waals surface area contributed by atoms with Crippen molar-refractivity contribution < 1.29 is 10.2 Å². The normalized spacial score (nSPS) is 12.0.